The number of aromatic nitrogens is 3. The molecule has 0 aliphatic heterocycles. The summed E-state index contributed by atoms with van der Waals surface area (Å²) < 4.78 is 5.31. The number of thiazole rings is 1. The summed E-state index contributed by atoms with van der Waals surface area (Å²) >= 11 is 1.63. The van der Waals surface area contributed by atoms with Gasteiger partial charge in [0.2, 0.25) is 5.89 Å². The fourth-order valence-corrected chi connectivity index (χ4v) is 3.11. The lowest BCUT2D eigenvalue weighted by molar-refractivity contribution is 0.349. The summed E-state index contributed by atoms with van der Waals surface area (Å²) in [5.74, 6) is 2.01. The van der Waals surface area contributed by atoms with Crippen molar-refractivity contribution >= 4 is 17.0 Å². The van der Waals surface area contributed by atoms with E-state index >= 15 is 0 Å². The highest BCUT2D eigenvalue weighted by Crippen LogP contribution is 2.34. The number of nitrogens with zero attached hydrogens (tertiary/aromatic N) is 3. The smallest absolute Gasteiger partial charge is 0.245 e. The van der Waals surface area contributed by atoms with E-state index in [1.165, 1.54) is 19.3 Å². The molecule has 0 unspecified atom stereocenters. The minimum absolute atomic E-state index is 0.505. The predicted octanol–water partition coefficient (Wildman–Crippen LogP) is 4.07. The molecule has 1 aliphatic rings. The molecule has 22 heavy (non-hydrogen) atoms. The fraction of sp³-hybridized carbons (Fsp3) is 0.312. The molecule has 1 saturated carbocycles. The molecule has 1 aromatic carbocycles. The van der Waals surface area contributed by atoms with Crippen LogP contribution in [0, 0.1) is 0 Å². The lowest BCUT2D eigenvalue weighted by Crippen LogP contribution is -2.10. The fourth-order valence-electron chi connectivity index (χ4n) is 2.48. The molecular formula is C16H16N4OS. The van der Waals surface area contributed by atoms with Crippen LogP contribution >= 0.6 is 11.3 Å². The quantitative estimate of drug-likeness (QED) is 0.769. The van der Waals surface area contributed by atoms with Crippen LogP contribution in [0.5, 0.6) is 0 Å². The molecule has 2 heterocycles. The van der Waals surface area contributed by atoms with Gasteiger partial charge in [0.1, 0.15) is 5.01 Å². The SMILES string of the molecule is c1cc(NCc2nc(C3CCC3)no2)cc(-c2nccs2)c1. The average molecular weight is 312 g/mol. The van der Waals surface area contributed by atoms with E-state index in [9.17, 15) is 0 Å². The number of anilines is 1. The van der Waals surface area contributed by atoms with Crippen molar-refractivity contribution in [1.82, 2.24) is 15.1 Å². The second kappa shape index (κ2) is 5.88. The van der Waals surface area contributed by atoms with Crippen LogP contribution in [0.4, 0.5) is 5.69 Å². The standard InChI is InChI=1S/C16H16N4OS/c1-3-11(4-1)15-19-14(21-20-15)10-18-13-6-2-5-12(9-13)16-17-7-8-22-16/h2,5-9,11,18H,1,3-4,10H2. The molecule has 1 aliphatic carbocycles. The molecule has 2 aromatic heterocycles. The van der Waals surface area contributed by atoms with Gasteiger partial charge in [-0.15, -0.1) is 11.3 Å². The highest BCUT2D eigenvalue weighted by molar-refractivity contribution is 7.13. The lowest BCUT2D eigenvalue weighted by Gasteiger charge is -2.20. The van der Waals surface area contributed by atoms with E-state index in [4.69, 9.17) is 4.52 Å². The number of rotatable bonds is 5. The van der Waals surface area contributed by atoms with E-state index in [2.05, 4.69) is 32.6 Å². The van der Waals surface area contributed by atoms with Crippen molar-refractivity contribution in [3.05, 3.63) is 47.6 Å². The molecule has 0 radical (unpaired) electrons. The molecule has 0 atom stereocenters. The van der Waals surface area contributed by atoms with E-state index in [1.807, 2.05) is 23.7 Å². The maximum atomic E-state index is 5.31. The Morgan fingerprint density at radius 3 is 3.05 bits per heavy atom. The van der Waals surface area contributed by atoms with Crippen molar-refractivity contribution in [1.29, 1.82) is 0 Å². The van der Waals surface area contributed by atoms with Gasteiger partial charge in [0.05, 0.1) is 6.54 Å². The zero-order chi connectivity index (χ0) is 14.8. The second-order valence-electron chi connectivity index (χ2n) is 5.45. The van der Waals surface area contributed by atoms with Crippen LogP contribution in [0.1, 0.15) is 36.9 Å². The molecule has 5 nitrogen and oxygen atoms in total. The van der Waals surface area contributed by atoms with Gasteiger partial charge in [-0.05, 0) is 25.0 Å². The first-order valence-electron chi connectivity index (χ1n) is 7.45. The Balaban J connectivity index is 1.43. The van der Waals surface area contributed by atoms with Crippen molar-refractivity contribution in [3.63, 3.8) is 0 Å². The van der Waals surface area contributed by atoms with Crippen molar-refractivity contribution in [2.75, 3.05) is 5.32 Å². The molecule has 0 bridgehead atoms. The van der Waals surface area contributed by atoms with Crippen LogP contribution in [-0.2, 0) is 6.54 Å². The van der Waals surface area contributed by atoms with Gasteiger partial charge in [0, 0.05) is 28.7 Å². The summed E-state index contributed by atoms with van der Waals surface area (Å²) in [5.41, 5.74) is 2.14. The molecule has 0 spiro atoms. The van der Waals surface area contributed by atoms with E-state index in [1.54, 1.807) is 11.3 Å². The third-order valence-corrected chi connectivity index (χ3v) is 4.76. The maximum absolute atomic E-state index is 5.31. The van der Waals surface area contributed by atoms with Gasteiger partial charge in [-0.2, -0.15) is 4.98 Å². The van der Waals surface area contributed by atoms with Crippen LogP contribution < -0.4 is 5.32 Å². The van der Waals surface area contributed by atoms with E-state index < -0.39 is 0 Å². The van der Waals surface area contributed by atoms with Crippen LogP contribution in [0.15, 0.2) is 40.4 Å². The van der Waals surface area contributed by atoms with E-state index in [0.717, 1.165) is 22.1 Å². The third kappa shape index (κ3) is 2.74. The summed E-state index contributed by atoms with van der Waals surface area (Å²) in [6.07, 6.45) is 5.46. The van der Waals surface area contributed by atoms with Crippen molar-refractivity contribution in [2.45, 2.75) is 31.7 Å². The highest BCUT2D eigenvalue weighted by atomic mass is 32.1. The van der Waals surface area contributed by atoms with Crippen molar-refractivity contribution < 1.29 is 4.52 Å². The van der Waals surface area contributed by atoms with Crippen LogP contribution in [0.3, 0.4) is 0 Å². The van der Waals surface area contributed by atoms with Gasteiger partial charge < -0.3 is 9.84 Å². The molecule has 3 aromatic rings. The zero-order valence-electron chi connectivity index (χ0n) is 12.0. The number of hydrogen-bond acceptors (Lipinski definition) is 6. The van der Waals surface area contributed by atoms with Crippen molar-refractivity contribution in [2.24, 2.45) is 0 Å². The largest absolute Gasteiger partial charge is 0.376 e. The minimum Gasteiger partial charge on any atom is -0.376 e. The van der Waals surface area contributed by atoms with Gasteiger partial charge in [0.25, 0.3) is 0 Å². The number of benzene rings is 1. The second-order valence-corrected chi connectivity index (χ2v) is 6.34. The Hall–Kier alpha value is -2.21. The summed E-state index contributed by atoms with van der Waals surface area (Å²) in [5, 5.41) is 10.4. The Bertz CT molecular complexity index is 749. The number of nitrogens with one attached hydrogen (secondary N) is 1. The average Bonchev–Trinajstić information content (AvgIpc) is 3.15. The topological polar surface area (TPSA) is 63.8 Å². The molecule has 0 saturated heterocycles. The summed E-state index contributed by atoms with van der Waals surface area (Å²) in [7, 11) is 0. The molecule has 1 N–H and O–H groups in total. The Labute approximate surface area is 132 Å². The summed E-state index contributed by atoms with van der Waals surface area (Å²) in [6, 6.07) is 8.19. The maximum Gasteiger partial charge on any atom is 0.245 e. The van der Waals surface area contributed by atoms with Gasteiger partial charge in [-0.3, -0.25) is 0 Å². The highest BCUT2D eigenvalue weighted by Gasteiger charge is 2.24. The first-order valence-corrected chi connectivity index (χ1v) is 8.33. The molecular weight excluding hydrogens is 296 g/mol. The molecule has 4 rings (SSSR count). The minimum atomic E-state index is 0.505. The van der Waals surface area contributed by atoms with Gasteiger partial charge in [-0.1, -0.05) is 23.7 Å². The number of hydrogen-bond donors (Lipinski definition) is 1. The van der Waals surface area contributed by atoms with Crippen LogP contribution in [0.2, 0.25) is 0 Å². The Morgan fingerprint density at radius 2 is 2.27 bits per heavy atom. The predicted molar refractivity (Wildman–Crippen MR) is 85.8 cm³/mol. The molecule has 1 fully saturated rings. The van der Waals surface area contributed by atoms with Crippen LogP contribution in [-0.4, -0.2) is 15.1 Å². The Kier molecular flexibility index (Phi) is 3.60. The summed E-state index contributed by atoms with van der Waals surface area (Å²) in [6.45, 7) is 0.543. The van der Waals surface area contributed by atoms with Gasteiger partial charge >= 0.3 is 0 Å². The molecule has 0 amide bonds. The zero-order valence-corrected chi connectivity index (χ0v) is 12.8. The third-order valence-electron chi connectivity index (χ3n) is 3.94. The summed E-state index contributed by atoms with van der Waals surface area (Å²) in [4.78, 5) is 8.80. The van der Waals surface area contributed by atoms with E-state index in [0.29, 0.717) is 18.4 Å². The van der Waals surface area contributed by atoms with E-state index in [-0.39, 0.29) is 0 Å². The Morgan fingerprint density at radius 1 is 1.32 bits per heavy atom. The van der Waals surface area contributed by atoms with Crippen molar-refractivity contribution in [3.8, 4) is 10.6 Å². The molecule has 6 heteroatoms. The van der Waals surface area contributed by atoms with Gasteiger partial charge in [-0.25, -0.2) is 4.98 Å². The van der Waals surface area contributed by atoms with Crippen LogP contribution in [0.25, 0.3) is 10.6 Å². The lowest BCUT2D eigenvalue weighted by atomic mass is 9.85. The monoisotopic (exact) mass is 312 g/mol. The normalized spacial score (nSPS) is 14.7. The first kappa shape index (κ1) is 13.5. The van der Waals surface area contributed by atoms with Gasteiger partial charge in [0.15, 0.2) is 5.82 Å². The first-order chi connectivity index (χ1) is 10.9. The molecule has 112 valence electrons.